The molecule has 0 radical (unpaired) electrons. The molecule has 1 heterocycles. The molecule has 0 aromatic carbocycles. The summed E-state index contributed by atoms with van der Waals surface area (Å²) in [6.45, 7) is 2.79. The molecule has 0 bridgehead atoms. The second-order valence-corrected chi connectivity index (χ2v) is 3.58. The Morgan fingerprint density at radius 3 is 2.50 bits per heavy atom. The molecule has 1 N–H and O–H groups in total. The van der Waals surface area contributed by atoms with Crippen molar-refractivity contribution in [2.75, 3.05) is 6.54 Å². The standard InChI is InChI=1S/C8H12F3NO2/c1-4(2)6-7(13)12-3-5(14-6)8(9,10)11/h4-6H,3H2,1-2H3,(H,12,13)/t5-,6-/m0/s1. The normalized spacial score (nSPS) is 29.1. The number of hydrogen-bond acceptors (Lipinski definition) is 2. The first-order valence-electron chi connectivity index (χ1n) is 4.32. The van der Waals surface area contributed by atoms with E-state index in [2.05, 4.69) is 10.1 Å². The molecule has 1 aliphatic rings. The highest BCUT2D eigenvalue weighted by molar-refractivity contribution is 5.81. The Bertz CT molecular complexity index is 227. The average Bonchev–Trinajstić information content (AvgIpc) is 2.02. The van der Waals surface area contributed by atoms with Crippen LogP contribution in [0.15, 0.2) is 0 Å². The topological polar surface area (TPSA) is 38.3 Å². The highest BCUT2D eigenvalue weighted by Crippen LogP contribution is 2.27. The molecular formula is C8H12F3NO2. The summed E-state index contributed by atoms with van der Waals surface area (Å²) in [5, 5.41) is 2.19. The summed E-state index contributed by atoms with van der Waals surface area (Å²) < 4.78 is 41.4. The number of amides is 1. The summed E-state index contributed by atoms with van der Waals surface area (Å²) >= 11 is 0. The van der Waals surface area contributed by atoms with Gasteiger partial charge in [0.2, 0.25) is 5.91 Å². The van der Waals surface area contributed by atoms with Crippen LogP contribution in [0.4, 0.5) is 13.2 Å². The lowest BCUT2D eigenvalue weighted by Gasteiger charge is -2.32. The van der Waals surface area contributed by atoms with E-state index in [-0.39, 0.29) is 5.92 Å². The molecule has 0 spiro atoms. The van der Waals surface area contributed by atoms with Crippen LogP contribution < -0.4 is 5.32 Å². The Labute approximate surface area is 79.6 Å². The van der Waals surface area contributed by atoms with Gasteiger partial charge in [-0.2, -0.15) is 13.2 Å². The molecular weight excluding hydrogens is 199 g/mol. The van der Waals surface area contributed by atoms with Crippen molar-refractivity contribution in [3.8, 4) is 0 Å². The van der Waals surface area contributed by atoms with Crippen LogP contribution in [0.3, 0.4) is 0 Å². The van der Waals surface area contributed by atoms with Gasteiger partial charge in [0.05, 0.1) is 6.54 Å². The molecule has 0 aliphatic carbocycles. The SMILES string of the molecule is CC(C)[C@@H]1O[C@H](C(F)(F)F)CNC1=O. The van der Waals surface area contributed by atoms with Gasteiger partial charge in [0.15, 0.2) is 6.10 Å². The molecule has 1 aliphatic heterocycles. The largest absolute Gasteiger partial charge is 0.416 e. The third-order valence-electron chi connectivity index (χ3n) is 2.00. The summed E-state index contributed by atoms with van der Waals surface area (Å²) in [6.07, 6.45) is -7.30. The third-order valence-corrected chi connectivity index (χ3v) is 2.00. The minimum absolute atomic E-state index is 0.264. The van der Waals surface area contributed by atoms with E-state index in [0.29, 0.717) is 0 Å². The lowest BCUT2D eigenvalue weighted by molar-refractivity contribution is -0.241. The quantitative estimate of drug-likeness (QED) is 0.705. The van der Waals surface area contributed by atoms with Gasteiger partial charge in [0.1, 0.15) is 6.10 Å². The average molecular weight is 211 g/mol. The van der Waals surface area contributed by atoms with Gasteiger partial charge in [-0.25, -0.2) is 0 Å². The Morgan fingerprint density at radius 2 is 2.07 bits per heavy atom. The molecule has 1 rings (SSSR count). The predicted octanol–water partition coefficient (Wildman–Crippen LogP) is 1.09. The molecule has 1 amide bonds. The lowest BCUT2D eigenvalue weighted by atomic mass is 10.0. The van der Waals surface area contributed by atoms with Crippen LogP contribution in [0, 0.1) is 5.92 Å². The van der Waals surface area contributed by atoms with Gasteiger partial charge >= 0.3 is 6.18 Å². The van der Waals surface area contributed by atoms with E-state index in [9.17, 15) is 18.0 Å². The van der Waals surface area contributed by atoms with E-state index in [1.165, 1.54) is 0 Å². The molecule has 82 valence electrons. The van der Waals surface area contributed by atoms with Crippen molar-refractivity contribution >= 4 is 5.91 Å². The summed E-state index contributed by atoms with van der Waals surface area (Å²) in [6, 6.07) is 0. The second kappa shape index (κ2) is 3.76. The van der Waals surface area contributed by atoms with Crippen molar-refractivity contribution in [2.45, 2.75) is 32.2 Å². The van der Waals surface area contributed by atoms with Crippen molar-refractivity contribution in [1.82, 2.24) is 5.32 Å². The molecule has 14 heavy (non-hydrogen) atoms. The zero-order valence-corrected chi connectivity index (χ0v) is 7.89. The minimum Gasteiger partial charge on any atom is -0.354 e. The van der Waals surface area contributed by atoms with E-state index >= 15 is 0 Å². The molecule has 0 saturated carbocycles. The van der Waals surface area contributed by atoms with Gasteiger partial charge < -0.3 is 10.1 Å². The highest BCUT2D eigenvalue weighted by Gasteiger charge is 2.46. The van der Waals surface area contributed by atoms with Crippen LogP contribution in [-0.4, -0.2) is 30.8 Å². The van der Waals surface area contributed by atoms with Gasteiger partial charge in [-0.05, 0) is 5.92 Å². The van der Waals surface area contributed by atoms with Crippen molar-refractivity contribution in [3.05, 3.63) is 0 Å². The third kappa shape index (κ3) is 2.37. The molecule has 2 atom stereocenters. The molecule has 1 fully saturated rings. The fourth-order valence-corrected chi connectivity index (χ4v) is 1.23. The molecule has 0 unspecified atom stereocenters. The summed E-state index contributed by atoms with van der Waals surface area (Å²) in [5.41, 5.74) is 0. The number of nitrogens with one attached hydrogen (secondary N) is 1. The lowest BCUT2D eigenvalue weighted by Crippen LogP contribution is -2.55. The number of halogens is 3. The van der Waals surface area contributed by atoms with Gasteiger partial charge in [-0.15, -0.1) is 0 Å². The van der Waals surface area contributed by atoms with E-state index < -0.39 is 30.8 Å². The smallest absolute Gasteiger partial charge is 0.354 e. The van der Waals surface area contributed by atoms with Crippen LogP contribution in [0.1, 0.15) is 13.8 Å². The van der Waals surface area contributed by atoms with E-state index in [0.717, 1.165) is 0 Å². The van der Waals surface area contributed by atoms with Crippen LogP contribution in [0.25, 0.3) is 0 Å². The first-order chi connectivity index (χ1) is 6.32. The predicted molar refractivity (Wildman–Crippen MR) is 42.6 cm³/mol. The van der Waals surface area contributed by atoms with E-state index in [1.807, 2.05) is 0 Å². The Hall–Kier alpha value is -0.780. The van der Waals surface area contributed by atoms with Gasteiger partial charge in [0.25, 0.3) is 0 Å². The number of hydrogen-bond donors (Lipinski definition) is 1. The molecule has 3 nitrogen and oxygen atoms in total. The van der Waals surface area contributed by atoms with Crippen LogP contribution >= 0.6 is 0 Å². The maximum Gasteiger partial charge on any atom is 0.416 e. The zero-order valence-electron chi connectivity index (χ0n) is 7.89. The van der Waals surface area contributed by atoms with Crippen molar-refractivity contribution in [2.24, 2.45) is 5.92 Å². The van der Waals surface area contributed by atoms with Crippen LogP contribution in [-0.2, 0) is 9.53 Å². The number of morpholine rings is 1. The molecule has 0 aromatic rings. The Balaban J connectivity index is 2.67. The van der Waals surface area contributed by atoms with Crippen LogP contribution in [0.2, 0.25) is 0 Å². The summed E-state index contributed by atoms with van der Waals surface area (Å²) in [4.78, 5) is 11.1. The fraction of sp³-hybridized carbons (Fsp3) is 0.875. The first-order valence-corrected chi connectivity index (χ1v) is 4.32. The number of carbonyl (C=O) groups excluding carboxylic acids is 1. The molecule has 0 aromatic heterocycles. The minimum atomic E-state index is -4.42. The van der Waals surface area contributed by atoms with Crippen molar-refractivity contribution < 1.29 is 22.7 Å². The first kappa shape index (κ1) is 11.3. The van der Waals surface area contributed by atoms with E-state index in [4.69, 9.17) is 0 Å². The number of carbonyl (C=O) groups is 1. The van der Waals surface area contributed by atoms with Gasteiger partial charge in [0, 0.05) is 0 Å². The number of ether oxygens (including phenoxy) is 1. The molecule has 1 saturated heterocycles. The zero-order chi connectivity index (χ0) is 10.9. The summed E-state index contributed by atoms with van der Waals surface area (Å²) in [7, 11) is 0. The maximum atomic E-state index is 12.2. The van der Waals surface area contributed by atoms with Crippen molar-refractivity contribution in [1.29, 1.82) is 0 Å². The number of alkyl halides is 3. The maximum absolute atomic E-state index is 12.2. The van der Waals surface area contributed by atoms with Crippen molar-refractivity contribution in [3.63, 3.8) is 0 Å². The van der Waals surface area contributed by atoms with Gasteiger partial charge in [-0.1, -0.05) is 13.8 Å². The van der Waals surface area contributed by atoms with Crippen LogP contribution in [0.5, 0.6) is 0 Å². The highest BCUT2D eigenvalue weighted by atomic mass is 19.4. The number of rotatable bonds is 1. The fourth-order valence-electron chi connectivity index (χ4n) is 1.23. The molecule has 6 heteroatoms. The summed E-state index contributed by atoms with van der Waals surface area (Å²) in [5.74, 6) is -0.736. The monoisotopic (exact) mass is 211 g/mol. The van der Waals surface area contributed by atoms with E-state index in [1.54, 1.807) is 13.8 Å². The second-order valence-electron chi connectivity index (χ2n) is 3.58. The Kier molecular flexibility index (Phi) is 3.04. The Morgan fingerprint density at radius 1 is 1.50 bits per heavy atom. The van der Waals surface area contributed by atoms with Gasteiger partial charge in [-0.3, -0.25) is 4.79 Å².